The number of methoxy groups -OCH3 is 1. The first-order valence-corrected chi connectivity index (χ1v) is 9.86. The highest BCUT2D eigenvalue weighted by Gasteiger charge is 2.20. The van der Waals surface area contributed by atoms with E-state index < -0.39 is 0 Å². The maximum atomic E-state index is 12.7. The molecule has 0 bridgehead atoms. The summed E-state index contributed by atoms with van der Waals surface area (Å²) in [6, 6.07) is 12.5. The third kappa shape index (κ3) is 6.14. The molecule has 0 saturated carbocycles. The Bertz CT molecular complexity index is 711. The average Bonchev–Trinajstić information content (AvgIpc) is 3.12. The lowest BCUT2D eigenvalue weighted by molar-refractivity contribution is -0.133. The minimum absolute atomic E-state index is 0.159. The molecular weight excluding hydrogens is 338 g/mol. The Kier molecular flexibility index (Phi) is 8.40. The summed E-state index contributed by atoms with van der Waals surface area (Å²) < 4.78 is 7.53. The van der Waals surface area contributed by atoms with Crippen molar-refractivity contribution in [3.8, 4) is 5.75 Å². The molecule has 0 aliphatic rings. The Morgan fingerprint density at radius 2 is 2.07 bits per heavy atom. The second-order valence-corrected chi connectivity index (χ2v) is 6.93. The molecule has 5 nitrogen and oxygen atoms in total. The number of hydrogen-bond donors (Lipinski definition) is 1. The van der Waals surface area contributed by atoms with E-state index in [0.717, 1.165) is 37.4 Å². The summed E-state index contributed by atoms with van der Waals surface area (Å²) in [5.41, 5.74) is 2.32. The Morgan fingerprint density at radius 1 is 1.26 bits per heavy atom. The van der Waals surface area contributed by atoms with Crippen molar-refractivity contribution >= 4 is 5.91 Å². The highest BCUT2D eigenvalue weighted by Crippen LogP contribution is 2.17. The quantitative estimate of drug-likeness (QED) is 0.613. The second kappa shape index (κ2) is 10.8. The van der Waals surface area contributed by atoms with Gasteiger partial charge in [0.1, 0.15) is 5.75 Å². The number of ether oxygens (including phenoxy) is 1. The zero-order valence-electron chi connectivity index (χ0n) is 17.1. The van der Waals surface area contributed by atoms with Crippen LogP contribution in [0.5, 0.6) is 5.75 Å². The number of nitrogens with zero attached hydrogens (tertiary/aromatic N) is 2. The molecule has 27 heavy (non-hydrogen) atoms. The van der Waals surface area contributed by atoms with Crippen LogP contribution in [-0.4, -0.2) is 41.6 Å². The topological polar surface area (TPSA) is 46.5 Å². The van der Waals surface area contributed by atoms with Crippen LogP contribution >= 0.6 is 0 Å². The van der Waals surface area contributed by atoms with Crippen molar-refractivity contribution in [1.29, 1.82) is 0 Å². The van der Waals surface area contributed by atoms with E-state index in [-0.39, 0.29) is 11.9 Å². The molecule has 2 rings (SSSR count). The maximum Gasteiger partial charge on any atom is 0.237 e. The van der Waals surface area contributed by atoms with Crippen molar-refractivity contribution in [2.45, 2.75) is 52.7 Å². The molecule has 2 aromatic rings. The molecule has 0 aliphatic carbocycles. The van der Waals surface area contributed by atoms with Crippen LogP contribution in [0.4, 0.5) is 0 Å². The largest absolute Gasteiger partial charge is 0.497 e. The van der Waals surface area contributed by atoms with E-state index in [0.29, 0.717) is 13.1 Å². The van der Waals surface area contributed by atoms with Gasteiger partial charge in [-0.2, -0.15) is 0 Å². The first-order chi connectivity index (χ1) is 13.1. The zero-order chi connectivity index (χ0) is 19.6. The molecule has 148 valence electrons. The zero-order valence-corrected chi connectivity index (χ0v) is 17.1. The molecular formula is C22H33N3O2. The fraction of sp³-hybridized carbons (Fsp3) is 0.500. The molecule has 1 heterocycles. The fourth-order valence-electron chi connectivity index (χ4n) is 3.07. The molecule has 1 atom stereocenters. The van der Waals surface area contributed by atoms with Crippen molar-refractivity contribution in [2.75, 3.05) is 20.2 Å². The summed E-state index contributed by atoms with van der Waals surface area (Å²) in [6.45, 7) is 9.00. The average molecular weight is 372 g/mol. The van der Waals surface area contributed by atoms with E-state index >= 15 is 0 Å². The molecule has 0 saturated heterocycles. The SMILES string of the molecule is CCCNCC(=O)N(Cc1cccn1Cc1cccc(OC)c1)C(C)CC. The van der Waals surface area contributed by atoms with Crippen LogP contribution in [0.15, 0.2) is 42.6 Å². The maximum absolute atomic E-state index is 12.7. The van der Waals surface area contributed by atoms with E-state index in [9.17, 15) is 4.79 Å². The van der Waals surface area contributed by atoms with Crippen molar-refractivity contribution in [3.63, 3.8) is 0 Å². The van der Waals surface area contributed by atoms with Gasteiger partial charge in [-0.25, -0.2) is 0 Å². The van der Waals surface area contributed by atoms with Crippen LogP contribution < -0.4 is 10.1 Å². The van der Waals surface area contributed by atoms with Crippen LogP contribution in [-0.2, 0) is 17.9 Å². The number of carbonyl (C=O) groups excluding carboxylic acids is 1. The minimum Gasteiger partial charge on any atom is -0.497 e. The van der Waals surface area contributed by atoms with Gasteiger partial charge in [0.2, 0.25) is 5.91 Å². The highest BCUT2D eigenvalue weighted by molar-refractivity contribution is 5.78. The molecule has 1 aromatic carbocycles. The van der Waals surface area contributed by atoms with Crippen LogP contribution in [0, 0.1) is 0 Å². The van der Waals surface area contributed by atoms with Gasteiger partial charge in [-0.15, -0.1) is 0 Å². The standard InChI is InChI=1S/C22H33N3O2/c1-5-12-23-15-22(26)25(18(3)6-2)17-20-10-8-13-24(20)16-19-9-7-11-21(14-19)27-4/h7-11,13-14,18,23H,5-6,12,15-17H2,1-4H3. The number of rotatable bonds is 11. The number of nitrogens with one attached hydrogen (secondary N) is 1. The Hall–Kier alpha value is -2.27. The van der Waals surface area contributed by atoms with E-state index in [1.807, 2.05) is 23.1 Å². The molecule has 5 heteroatoms. The smallest absolute Gasteiger partial charge is 0.237 e. The van der Waals surface area contributed by atoms with Gasteiger partial charge in [0, 0.05) is 24.5 Å². The molecule has 0 aliphatic heterocycles. The van der Waals surface area contributed by atoms with E-state index in [2.05, 4.69) is 55.1 Å². The van der Waals surface area contributed by atoms with E-state index in [4.69, 9.17) is 4.74 Å². The van der Waals surface area contributed by atoms with Gasteiger partial charge in [0.25, 0.3) is 0 Å². The summed E-state index contributed by atoms with van der Waals surface area (Å²) in [6.07, 6.45) is 4.04. The first-order valence-electron chi connectivity index (χ1n) is 9.86. The lowest BCUT2D eigenvalue weighted by atomic mass is 10.2. The summed E-state index contributed by atoms with van der Waals surface area (Å²) in [5.74, 6) is 1.02. The van der Waals surface area contributed by atoms with Crippen LogP contribution in [0.25, 0.3) is 0 Å². The normalized spacial score (nSPS) is 12.0. The molecule has 1 amide bonds. The summed E-state index contributed by atoms with van der Waals surface area (Å²) in [4.78, 5) is 14.7. The summed E-state index contributed by atoms with van der Waals surface area (Å²) in [7, 11) is 1.68. The molecule has 1 N–H and O–H groups in total. The van der Waals surface area contributed by atoms with Crippen molar-refractivity contribution < 1.29 is 9.53 Å². The third-order valence-corrected chi connectivity index (χ3v) is 4.89. The molecule has 1 aromatic heterocycles. The fourth-order valence-corrected chi connectivity index (χ4v) is 3.07. The van der Waals surface area contributed by atoms with Gasteiger partial charge in [0.15, 0.2) is 0 Å². The van der Waals surface area contributed by atoms with E-state index in [1.54, 1.807) is 7.11 Å². The van der Waals surface area contributed by atoms with Gasteiger partial charge < -0.3 is 19.5 Å². The van der Waals surface area contributed by atoms with Crippen molar-refractivity contribution in [1.82, 2.24) is 14.8 Å². The van der Waals surface area contributed by atoms with Gasteiger partial charge in [0.05, 0.1) is 20.2 Å². The second-order valence-electron chi connectivity index (χ2n) is 6.93. The lowest BCUT2D eigenvalue weighted by Crippen LogP contribution is -2.43. The van der Waals surface area contributed by atoms with Gasteiger partial charge in [-0.05, 0) is 56.1 Å². The third-order valence-electron chi connectivity index (χ3n) is 4.89. The Labute approximate surface area is 163 Å². The molecule has 0 spiro atoms. The monoisotopic (exact) mass is 371 g/mol. The molecule has 1 unspecified atom stereocenters. The Balaban J connectivity index is 2.11. The van der Waals surface area contributed by atoms with Gasteiger partial charge in [-0.3, -0.25) is 4.79 Å². The highest BCUT2D eigenvalue weighted by atomic mass is 16.5. The lowest BCUT2D eigenvalue weighted by Gasteiger charge is -2.29. The van der Waals surface area contributed by atoms with Gasteiger partial charge in [-0.1, -0.05) is 26.0 Å². The van der Waals surface area contributed by atoms with Crippen molar-refractivity contribution in [3.05, 3.63) is 53.9 Å². The number of hydrogen-bond acceptors (Lipinski definition) is 3. The van der Waals surface area contributed by atoms with Crippen molar-refractivity contribution in [2.24, 2.45) is 0 Å². The minimum atomic E-state index is 0.159. The number of amides is 1. The summed E-state index contributed by atoms with van der Waals surface area (Å²) in [5, 5.41) is 3.23. The summed E-state index contributed by atoms with van der Waals surface area (Å²) >= 11 is 0. The number of benzene rings is 1. The van der Waals surface area contributed by atoms with E-state index in [1.165, 1.54) is 5.56 Å². The van der Waals surface area contributed by atoms with Gasteiger partial charge >= 0.3 is 0 Å². The predicted molar refractivity (Wildman–Crippen MR) is 110 cm³/mol. The molecule has 0 radical (unpaired) electrons. The number of carbonyl (C=O) groups is 1. The number of aromatic nitrogens is 1. The predicted octanol–water partition coefficient (Wildman–Crippen LogP) is 3.67. The first kappa shape index (κ1) is 21.0. The van der Waals surface area contributed by atoms with Crippen LogP contribution in [0.1, 0.15) is 44.9 Å². The van der Waals surface area contributed by atoms with Crippen LogP contribution in [0.2, 0.25) is 0 Å². The Morgan fingerprint density at radius 3 is 2.78 bits per heavy atom. The molecule has 0 fully saturated rings. The van der Waals surface area contributed by atoms with Crippen LogP contribution in [0.3, 0.4) is 0 Å².